The minimum absolute atomic E-state index is 0.00612. The molecule has 0 aliphatic carbocycles. The van der Waals surface area contributed by atoms with Gasteiger partial charge in [-0.15, -0.1) is 0 Å². The molecule has 2 atom stereocenters. The van der Waals surface area contributed by atoms with E-state index in [1.807, 2.05) is 37.3 Å². The van der Waals surface area contributed by atoms with Crippen LogP contribution in [-0.2, 0) is 11.2 Å². The van der Waals surface area contributed by atoms with E-state index < -0.39 is 0 Å². The average molecular weight is 314 g/mol. The van der Waals surface area contributed by atoms with Gasteiger partial charge >= 0.3 is 0 Å². The third-order valence-corrected chi connectivity index (χ3v) is 4.05. The van der Waals surface area contributed by atoms with Crippen molar-refractivity contribution in [3.63, 3.8) is 0 Å². The molecule has 2 heterocycles. The molecule has 1 saturated heterocycles. The van der Waals surface area contributed by atoms with Crippen LogP contribution in [0.15, 0.2) is 34.9 Å². The van der Waals surface area contributed by atoms with E-state index in [9.17, 15) is 4.79 Å². The molecule has 1 aromatic carbocycles. The molecule has 23 heavy (non-hydrogen) atoms. The van der Waals surface area contributed by atoms with Crippen LogP contribution in [0.4, 0.5) is 0 Å². The second-order valence-corrected chi connectivity index (χ2v) is 5.94. The normalized spacial score (nSPS) is 19.3. The summed E-state index contributed by atoms with van der Waals surface area (Å²) in [6.07, 6.45) is 3.69. The highest BCUT2D eigenvalue weighted by molar-refractivity contribution is 5.82. The van der Waals surface area contributed by atoms with Gasteiger partial charge in [-0.2, -0.15) is 4.98 Å². The minimum atomic E-state index is -0.264. The topological polar surface area (TPSA) is 80.0 Å². The molecule has 6 heteroatoms. The van der Waals surface area contributed by atoms with Crippen LogP contribution in [0.25, 0.3) is 0 Å². The number of hydrogen-bond acceptors (Lipinski definition) is 5. The Kier molecular flexibility index (Phi) is 5.02. The summed E-state index contributed by atoms with van der Waals surface area (Å²) in [4.78, 5) is 16.6. The van der Waals surface area contributed by atoms with Crippen LogP contribution in [0.3, 0.4) is 0 Å². The highest BCUT2D eigenvalue weighted by Crippen LogP contribution is 2.13. The van der Waals surface area contributed by atoms with Gasteiger partial charge in [0.25, 0.3) is 0 Å². The van der Waals surface area contributed by atoms with Crippen molar-refractivity contribution in [2.45, 2.75) is 44.7 Å². The average Bonchev–Trinajstić information content (AvgIpc) is 3.05. The Balaban J connectivity index is 1.57. The van der Waals surface area contributed by atoms with Crippen molar-refractivity contribution in [3.05, 3.63) is 47.6 Å². The Morgan fingerprint density at radius 1 is 1.39 bits per heavy atom. The quantitative estimate of drug-likeness (QED) is 0.882. The van der Waals surface area contributed by atoms with Crippen LogP contribution in [-0.4, -0.2) is 28.6 Å². The zero-order valence-corrected chi connectivity index (χ0v) is 13.3. The van der Waals surface area contributed by atoms with Gasteiger partial charge in [0.1, 0.15) is 0 Å². The molecule has 0 radical (unpaired) electrons. The lowest BCUT2D eigenvalue weighted by molar-refractivity contribution is -0.124. The number of amides is 1. The van der Waals surface area contributed by atoms with Crippen molar-refractivity contribution < 1.29 is 9.32 Å². The van der Waals surface area contributed by atoms with Crippen LogP contribution in [0.5, 0.6) is 0 Å². The fourth-order valence-corrected chi connectivity index (χ4v) is 2.74. The Labute approximate surface area is 135 Å². The standard InChI is InChI=1S/C17H22N4O2/c1-12(19-17(22)14-9-5-6-10-18-14)16-20-15(23-21-16)11-13-7-3-2-4-8-13/h2-4,7-8,12,14,18H,5-6,9-11H2,1H3,(H,19,22)/t12?,14-/m0/s1. The summed E-state index contributed by atoms with van der Waals surface area (Å²) in [7, 11) is 0. The van der Waals surface area contributed by atoms with Crippen molar-refractivity contribution in [3.8, 4) is 0 Å². The van der Waals surface area contributed by atoms with Gasteiger partial charge < -0.3 is 15.2 Å². The van der Waals surface area contributed by atoms with E-state index in [-0.39, 0.29) is 18.0 Å². The monoisotopic (exact) mass is 314 g/mol. The van der Waals surface area contributed by atoms with Crippen LogP contribution in [0.2, 0.25) is 0 Å². The lowest BCUT2D eigenvalue weighted by Crippen LogP contribution is -2.47. The summed E-state index contributed by atoms with van der Waals surface area (Å²) in [5.74, 6) is 1.08. The highest BCUT2D eigenvalue weighted by Gasteiger charge is 2.23. The molecule has 0 saturated carbocycles. The summed E-state index contributed by atoms with van der Waals surface area (Å²) >= 11 is 0. The van der Waals surface area contributed by atoms with Gasteiger partial charge in [0.05, 0.1) is 18.5 Å². The third kappa shape index (κ3) is 4.16. The molecule has 1 unspecified atom stereocenters. The van der Waals surface area contributed by atoms with Gasteiger partial charge in [-0.1, -0.05) is 41.9 Å². The number of carbonyl (C=O) groups excluding carboxylic acids is 1. The number of rotatable bonds is 5. The molecule has 6 nitrogen and oxygen atoms in total. The van der Waals surface area contributed by atoms with Crippen molar-refractivity contribution >= 4 is 5.91 Å². The molecule has 1 aliphatic rings. The molecule has 1 aliphatic heterocycles. The summed E-state index contributed by atoms with van der Waals surface area (Å²) in [6.45, 7) is 2.77. The molecular formula is C17H22N4O2. The van der Waals surface area contributed by atoms with E-state index in [0.717, 1.165) is 31.4 Å². The fraction of sp³-hybridized carbons (Fsp3) is 0.471. The molecule has 1 fully saturated rings. The maximum absolute atomic E-state index is 12.2. The zero-order valence-electron chi connectivity index (χ0n) is 13.3. The highest BCUT2D eigenvalue weighted by atomic mass is 16.5. The molecule has 1 aromatic heterocycles. The molecule has 2 aromatic rings. The van der Waals surface area contributed by atoms with E-state index in [4.69, 9.17) is 4.52 Å². The van der Waals surface area contributed by atoms with Crippen LogP contribution >= 0.6 is 0 Å². The lowest BCUT2D eigenvalue weighted by Gasteiger charge is -2.23. The van der Waals surface area contributed by atoms with Gasteiger partial charge in [-0.05, 0) is 31.9 Å². The minimum Gasteiger partial charge on any atom is -0.345 e. The van der Waals surface area contributed by atoms with Crippen molar-refractivity contribution in [1.29, 1.82) is 0 Å². The van der Waals surface area contributed by atoms with Crippen LogP contribution in [0, 0.1) is 0 Å². The molecule has 1 amide bonds. The number of hydrogen-bond donors (Lipinski definition) is 2. The fourth-order valence-electron chi connectivity index (χ4n) is 2.74. The second kappa shape index (κ2) is 7.37. The maximum atomic E-state index is 12.2. The van der Waals surface area contributed by atoms with Gasteiger partial charge in [0.15, 0.2) is 5.82 Å². The maximum Gasteiger partial charge on any atom is 0.237 e. The SMILES string of the molecule is CC(NC(=O)[C@@H]1CCCCN1)c1noc(Cc2ccccc2)n1. The van der Waals surface area contributed by atoms with E-state index in [1.165, 1.54) is 0 Å². The van der Waals surface area contributed by atoms with Crippen molar-refractivity contribution in [2.75, 3.05) is 6.54 Å². The molecule has 0 bridgehead atoms. The Morgan fingerprint density at radius 3 is 2.96 bits per heavy atom. The van der Waals surface area contributed by atoms with E-state index in [0.29, 0.717) is 18.1 Å². The predicted molar refractivity (Wildman–Crippen MR) is 85.7 cm³/mol. The zero-order chi connectivity index (χ0) is 16.1. The molecule has 2 N–H and O–H groups in total. The molecule has 0 spiro atoms. The Bertz CT molecular complexity index is 635. The predicted octanol–water partition coefficient (Wildman–Crippen LogP) is 1.98. The third-order valence-electron chi connectivity index (χ3n) is 4.05. The van der Waals surface area contributed by atoms with Gasteiger partial charge in [-0.25, -0.2) is 0 Å². The van der Waals surface area contributed by atoms with Crippen LogP contribution < -0.4 is 10.6 Å². The summed E-state index contributed by atoms with van der Waals surface area (Å²) in [6, 6.07) is 9.59. The molecule has 3 rings (SSSR count). The lowest BCUT2D eigenvalue weighted by atomic mass is 10.0. The summed E-state index contributed by atoms with van der Waals surface area (Å²) in [5.41, 5.74) is 1.12. The van der Waals surface area contributed by atoms with Crippen molar-refractivity contribution in [2.24, 2.45) is 0 Å². The van der Waals surface area contributed by atoms with Crippen molar-refractivity contribution in [1.82, 2.24) is 20.8 Å². The largest absolute Gasteiger partial charge is 0.345 e. The summed E-state index contributed by atoms with van der Waals surface area (Å²) < 4.78 is 5.29. The Hall–Kier alpha value is -2.21. The number of aromatic nitrogens is 2. The first-order chi connectivity index (χ1) is 11.2. The van der Waals surface area contributed by atoms with E-state index >= 15 is 0 Å². The van der Waals surface area contributed by atoms with Gasteiger partial charge in [-0.3, -0.25) is 4.79 Å². The Morgan fingerprint density at radius 2 is 2.22 bits per heavy atom. The number of carbonyl (C=O) groups is 1. The first-order valence-electron chi connectivity index (χ1n) is 8.12. The van der Waals surface area contributed by atoms with Gasteiger partial charge in [0, 0.05) is 0 Å². The summed E-state index contributed by atoms with van der Waals surface area (Å²) in [5, 5.41) is 10.2. The van der Waals surface area contributed by atoms with Crippen LogP contribution in [0.1, 0.15) is 49.5 Å². The van der Waals surface area contributed by atoms with E-state index in [2.05, 4.69) is 20.8 Å². The first-order valence-corrected chi connectivity index (χ1v) is 8.12. The number of nitrogens with zero attached hydrogens (tertiary/aromatic N) is 2. The number of piperidine rings is 1. The van der Waals surface area contributed by atoms with E-state index in [1.54, 1.807) is 0 Å². The number of nitrogens with one attached hydrogen (secondary N) is 2. The number of benzene rings is 1. The second-order valence-electron chi connectivity index (χ2n) is 5.94. The molecular weight excluding hydrogens is 292 g/mol. The van der Waals surface area contributed by atoms with Gasteiger partial charge in [0.2, 0.25) is 11.8 Å². The first kappa shape index (κ1) is 15.7. The smallest absolute Gasteiger partial charge is 0.237 e. The molecule has 122 valence electrons.